The molecule has 1 fully saturated rings. The number of nitrogens with zero attached hydrogens (tertiary/aromatic N) is 2. The Morgan fingerprint density at radius 2 is 2.00 bits per heavy atom. The van der Waals surface area contributed by atoms with Gasteiger partial charge >= 0.3 is 0 Å². The summed E-state index contributed by atoms with van der Waals surface area (Å²) in [4.78, 5) is 4.49. The third-order valence-corrected chi connectivity index (χ3v) is 3.89. The minimum atomic E-state index is 0.430. The summed E-state index contributed by atoms with van der Waals surface area (Å²) in [7, 11) is 0. The lowest BCUT2D eigenvalue weighted by Crippen LogP contribution is -2.06. The van der Waals surface area contributed by atoms with Gasteiger partial charge in [0.1, 0.15) is 0 Å². The predicted molar refractivity (Wildman–Crippen MR) is 75.0 cm³/mol. The van der Waals surface area contributed by atoms with Gasteiger partial charge in [0, 0.05) is 16.6 Å². The molecule has 5 heteroatoms. The van der Waals surface area contributed by atoms with E-state index in [1.54, 1.807) is 12.1 Å². The molecular weight excluding hydrogens is 262 g/mol. The van der Waals surface area contributed by atoms with Crippen molar-refractivity contribution in [2.45, 2.75) is 38.0 Å². The summed E-state index contributed by atoms with van der Waals surface area (Å²) in [6.07, 6.45) is 6.10. The van der Waals surface area contributed by atoms with E-state index < -0.39 is 0 Å². The highest BCUT2D eigenvalue weighted by Gasteiger charge is 2.21. The first-order valence-electron chi connectivity index (χ1n) is 6.63. The summed E-state index contributed by atoms with van der Waals surface area (Å²) >= 11 is 5.88. The highest BCUT2D eigenvalue weighted by atomic mass is 35.5. The van der Waals surface area contributed by atoms with Crippen molar-refractivity contribution in [3.63, 3.8) is 0 Å². The normalized spacial score (nSPS) is 16.7. The van der Waals surface area contributed by atoms with Gasteiger partial charge in [-0.25, -0.2) is 0 Å². The minimum Gasteiger partial charge on any atom is -0.398 e. The first-order chi connectivity index (χ1) is 9.24. The van der Waals surface area contributed by atoms with E-state index in [2.05, 4.69) is 10.1 Å². The number of hydrogen-bond donors (Lipinski definition) is 1. The molecule has 0 bridgehead atoms. The van der Waals surface area contributed by atoms with Crippen LogP contribution in [0.5, 0.6) is 0 Å². The minimum absolute atomic E-state index is 0.430. The zero-order valence-corrected chi connectivity index (χ0v) is 11.4. The Balaban J connectivity index is 1.87. The second-order valence-electron chi connectivity index (χ2n) is 5.02. The first kappa shape index (κ1) is 12.5. The Morgan fingerprint density at radius 3 is 2.74 bits per heavy atom. The Bertz CT molecular complexity index is 576. The fourth-order valence-corrected chi connectivity index (χ4v) is 2.78. The third-order valence-electron chi connectivity index (χ3n) is 3.66. The van der Waals surface area contributed by atoms with Gasteiger partial charge in [-0.15, -0.1) is 0 Å². The Morgan fingerprint density at radius 1 is 1.21 bits per heavy atom. The number of benzene rings is 1. The zero-order chi connectivity index (χ0) is 13.2. The Hall–Kier alpha value is -1.55. The number of anilines is 1. The van der Waals surface area contributed by atoms with Crippen LogP contribution in [0.25, 0.3) is 11.5 Å². The van der Waals surface area contributed by atoms with Crippen molar-refractivity contribution in [1.29, 1.82) is 0 Å². The molecule has 1 heterocycles. The molecule has 0 aliphatic heterocycles. The molecule has 19 heavy (non-hydrogen) atoms. The summed E-state index contributed by atoms with van der Waals surface area (Å²) in [6, 6.07) is 5.29. The summed E-state index contributed by atoms with van der Waals surface area (Å²) in [5.41, 5.74) is 7.24. The molecule has 3 rings (SSSR count). The van der Waals surface area contributed by atoms with Crippen molar-refractivity contribution in [2.75, 3.05) is 5.73 Å². The molecule has 2 aromatic rings. The molecule has 1 aliphatic rings. The average molecular weight is 278 g/mol. The van der Waals surface area contributed by atoms with Crippen molar-refractivity contribution in [1.82, 2.24) is 10.1 Å². The van der Waals surface area contributed by atoms with Gasteiger partial charge in [-0.3, -0.25) is 0 Å². The van der Waals surface area contributed by atoms with E-state index in [-0.39, 0.29) is 0 Å². The summed E-state index contributed by atoms with van der Waals surface area (Å²) in [5, 5.41) is 4.71. The van der Waals surface area contributed by atoms with Gasteiger partial charge in [0.2, 0.25) is 0 Å². The van der Waals surface area contributed by atoms with Gasteiger partial charge in [0.25, 0.3) is 5.89 Å². The molecule has 4 nitrogen and oxygen atoms in total. The number of halogens is 1. The number of hydrogen-bond acceptors (Lipinski definition) is 4. The van der Waals surface area contributed by atoms with Crippen molar-refractivity contribution in [3.8, 4) is 11.5 Å². The number of aromatic nitrogens is 2. The van der Waals surface area contributed by atoms with Crippen LogP contribution < -0.4 is 5.73 Å². The standard InChI is InChI=1S/C14H16ClN3O/c15-10-6-7-11(12(16)8-10)14-17-13(18-19-14)9-4-2-1-3-5-9/h6-9H,1-5,16H2. The molecule has 1 saturated carbocycles. The SMILES string of the molecule is Nc1cc(Cl)ccc1-c1nc(C2CCCCC2)no1. The summed E-state index contributed by atoms with van der Waals surface area (Å²) in [5.74, 6) is 1.72. The molecule has 0 spiro atoms. The van der Waals surface area contributed by atoms with Crippen LogP contribution in [0.3, 0.4) is 0 Å². The van der Waals surface area contributed by atoms with Crippen LogP contribution in [0.15, 0.2) is 22.7 Å². The van der Waals surface area contributed by atoms with E-state index in [4.69, 9.17) is 21.9 Å². The van der Waals surface area contributed by atoms with Crippen LogP contribution in [0.4, 0.5) is 5.69 Å². The predicted octanol–water partition coefficient (Wildman–Crippen LogP) is 4.02. The molecule has 0 unspecified atom stereocenters. The molecule has 1 aromatic carbocycles. The molecule has 1 aromatic heterocycles. The van der Waals surface area contributed by atoms with Gasteiger partial charge in [0.05, 0.1) is 5.56 Å². The van der Waals surface area contributed by atoms with E-state index >= 15 is 0 Å². The molecule has 2 N–H and O–H groups in total. The number of rotatable bonds is 2. The van der Waals surface area contributed by atoms with E-state index in [0.29, 0.717) is 22.5 Å². The van der Waals surface area contributed by atoms with Gasteiger partial charge in [-0.05, 0) is 31.0 Å². The lowest BCUT2D eigenvalue weighted by molar-refractivity contribution is 0.385. The molecule has 0 saturated heterocycles. The van der Waals surface area contributed by atoms with Crippen molar-refractivity contribution < 1.29 is 4.52 Å². The van der Waals surface area contributed by atoms with Crippen LogP contribution in [-0.4, -0.2) is 10.1 Å². The molecule has 100 valence electrons. The quantitative estimate of drug-likeness (QED) is 0.842. The fraction of sp³-hybridized carbons (Fsp3) is 0.429. The van der Waals surface area contributed by atoms with Gasteiger partial charge in [-0.2, -0.15) is 4.98 Å². The molecule has 1 aliphatic carbocycles. The smallest absolute Gasteiger partial charge is 0.260 e. The highest BCUT2D eigenvalue weighted by Crippen LogP contribution is 2.33. The van der Waals surface area contributed by atoms with Gasteiger partial charge in [-0.1, -0.05) is 36.0 Å². The highest BCUT2D eigenvalue weighted by molar-refractivity contribution is 6.31. The zero-order valence-electron chi connectivity index (χ0n) is 10.6. The largest absolute Gasteiger partial charge is 0.398 e. The van der Waals surface area contributed by atoms with Crippen LogP contribution in [0.2, 0.25) is 5.02 Å². The first-order valence-corrected chi connectivity index (χ1v) is 7.01. The van der Waals surface area contributed by atoms with Crippen LogP contribution in [0, 0.1) is 0 Å². The third kappa shape index (κ3) is 2.59. The summed E-state index contributed by atoms with van der Waals surface area (Å²) < 4.78 is 5.34. The van der Waals surface area contributed by atoms with Crippen molar-refractivity contribution >= 4 is 17.3 Å². The van der Waals surface area contributed by atoms with Gasteiger partial charge in [0.15, 0.2) is 5.82 Å². The molecule has 0 atom stereocenters. The van der Waals surface area contributed by atoms with Crippen LogP contribution in [0.1, 0.15) is 43.8 Å². The van der Waals surface area contributed by atoms with E-state index in [9.17, 15) is 0 Å². The lowest BCUT2D eigenvalue weighted by Gasteiger charge is -2.17. The number of nitrogens with two attached hydrogens (primary N) is 1. The molecule has 0 amide bonds. The maximum absolute atomic E-state index is 5.93. The van der Waals surface area contributed by atoms with E-state index in [1.165, 1.54) is 19.3 Å². The Kier molecular flexibility index (Phi) is 3.42. The summed E-state index contributed by atoms with van der Waals surface area (Å²) in [6.45, 7) is 0. The number of nitrogen functional groups attached to an aromatic ring is 1. The second kappa shape index (κ2) is 5.21. The maximum atomic E-state index is 5.93. The monoisotopic (exact) mass is 277 g/mol. The van der Waals surface area contributed by atoms with Crippen LogP contribution in [-0.2, 0) is 0 Å². The lowest BCUT2D eigenvalue weighted by atomic mass is 9.89. The fourth-order valence-electron chi connectivity index (χ4n) is 2.60. The average Bonchev–Trinajstić information content (AvgIpc) is 2.89. The molecule has 0 radical (unpaired) electrons. The van der Waals surface area contributed by atoms with E-state index in [1.807, 2.05) is 6.07 Å². The second-order valence-corrected chi connectivity index (χ2v) is 5.46. The van der Waals surface area contributed by atoms with Gasteiger partial charge < -0.3 is 10.3 Å². The molecular formula is C14H16ClN3O. The van der Waals surface area contributed by atoms with Crippen LogP contribution >= 0.6 is 11.6 Å². The van der Waals surface area contributed by atoms with Crippen molar-refractivity contribution in [2.24, 2.45) is 0 Å². The maximum Gasteiger partial charge on any atom is 0.260 e. The van der Waals surface area contributed by atoms with Crippen molar-refractivity contribution in [3.05, 3.63) is 29.0 Å². The van der Waals surface area contributed by atoms with E-state index in [0.717, 1.165) is 24.2 Å². The Labute approximate surface area is 117 Å². The topological polar surface area (TPSA) is 64.9 Å².